The molecule has 3 rings (SSSR count). The third kappa shape index (κ3) is 3.30. The van der Waals surface area contributed by atoms with Gasteiger partial charge in [-0.1, -0.05) is 30.3 Å². The molecule has 0 radical (unpaired) electrons. The average molecular weight is 298 g/mol. The number of piperidine rings is 1. The lowest BCUT2D eigenvalue weighted by Gasteiger charge is -2.33. The lowest BCUT2D eigenvalue weighted by atomic mass is 10.0. The van der Waals surface area contributed by atoms with Crippen molar-refractivity contribution in [3.8, 4) is 0 Å². The second-order valence-corrected chi connectivity index (χ2v) is 5.67. The summed E-state index contributed by atoms with van der Waals surface area (Å²) >= 11 is 0. The third-order valence-electron chi connectivity index (χ3n) is 4.04. The van der Waals surface area contributed by atoms with Crippen molar-refractivity contribution in [3.63, 3.8) is 0 Å². The minimum atomic E-state index is -0.146. The molecule has 2 heterocycles. The molecule has 116 valence electrons. The van der Waals surface area contributed by atoms with Crippen LogP contribution in [0.5, 0.6) is 0 Å². The maximum Gasteiger partial charge on any atom is 0.245 e. The van der Waals surface area contributed by atoms with E-state index in [1.54, 1.807) is 6.20 Å². The molecule has 1 aliphatic heterocycles. The Bertz CT molecular complexity index is 623. The number of nitrogens with zero attached hydrogens (tertiary/aromatic N) is 3. The molecular weight excluding hydrogens is 276 g/mol. The molecule has 1 aromatic carbocycles. The van der Waals surface area contributed by atoms with E-state index in [9.17, 15) is 4.79 Å². The van der Waals surface area contributed by atoms with Crippen molar-refractivity contribution in [1.29, 1.82) is 0 Å². The van der Waals surface area contributed by atoms with Crippen LogP contribution in [-0.4, -0.2) is 33.2 Å². The Hall–Kier alpha value is -2.30. The van der Waals surface area contributed by atoms with Crippen molar-refractivity contribution in [3.05, 3.63) is 48.3 Å². The highest BCUT2D eigenvalue weighted by Gasteiger charge is 2.28. The maximum absolute atomic E-state index is 12.6. The van der Waals surface area contributed by atoms with E-state index in [0.29, 0.717) is 6.54 Å². The van der Waals surface area contributed by atoms with Crippen LogP contribution in [0, 0.1) is 0 Å². The maximum atomic E-state index is 12.6. The van der Waals surface area contributed by atoms with Gasteiger partial charge in [-0.25, -0.2) is 0 Å². The number of benzene rings is 1. The number of hydrogen-bond acceptors (Lipinski definition) is 3. The number of hydrogen-bond donors (Lipinski definition) is 1. The normalized spacial score (nSPS) is 18.5. The van der Waals surface area contributed by atoms with Gasteiger partial charge in [0.2, 0.25) is 5.91 Å². The van der Waals surface area contributed by atoms with E-state index in [-0.39, 0.29) is 11.9 Å². The molecule has 0 aliphatic carbocycles. The lowest BCUT2D eigenvalue weighted by molar-refractivity contribution is -0.134. The van der Waals surface area contributed by atoms with E-state index >= 15 is 0 Å². The summed E-state index contributed by atoms with van der Waals surface area (Å²) in [5.74, 6) is 0.180. The number of carbonyl (C=O) groups is 1. The van der Waals surface area contributed by atoms with E-state index < -0.39 is 0 Å². The predicted molar refractivity (Wildman–Crippen MR) is 86.4 cm³/mol. The number of rotatable bonds is 5. The van der Waals surface area contributed by atoms with Gasteiger partial charge in [-0.3, -0.25) is 9.48 Å². The summed E-state index contributed by atoms with van der Waals surface area (Å²) in [5, 5.41) is 7.57. The molecular formula is C17H22N4O. The number of aryl methyl sites for hydroxylation is 1. The van der Waals surface area contributed by atoms with E-state index in [4.69, 9.17) is 0 Å². The van der Waals surface area contributed by atoms with Crippen LogP contribution in [0.2, 0.25) is 0 Å². The van der Waals surface area contributed by atoms with Crippen LogP contribution in [0.4, 0.5) is 5.69 Å². The quantitative estimate of drug-likeness (QED) is 0.922. The first-order valence-corrected chi connectivity index (χ1v) is 7.88. The smallest absolute Gasteiger partial charge is 0.245 e. The van der Waals surface area contributed by atoms with Gasteiger partial charge in [0, 0.05) is 25.8 Å². The molecule has 1 fully saturated rings. The van der Waals surface area contributed by atoms with Crippen molar-refractivity contribution in [1.82, 2.24) is 14.7 Å². The second-order valence-electron chi connectivity index (χ2n) is 5.67. The minimum absolute atomic E-state index is 0.146. The Morgan fingerprint density at radius 2 is 2.14 bits per heavy atom. The number of likely N-dealkylation sites (tertiary alicyclic amines) is 1. The predicted octanol–water partition coefficient (Wildman–Crippen LogP) is 2.51. The van der Waals surface area contributed by atoms with Crippen LogP contribution in [-0.2, 0) is 17.9 Å². The third-order valence-corrected chi connectivity index (χ3v) is 4.04. The van der Waals surface area contributed by atoms with Gasteiger partial charge in [-0.05, 0) is 25.3 Å². The molecule has 22 heavy (non-hydrogen) atoms. The molecule has 5 nitrogen and oxygen atoms in total. The molecule has 1 saturated heterocycles. The number of amides is 1. The summed E-state index contributed by atoms with van der Waals surface area (Å²) in [6.45, 7) is 4.40. The fourth-order valence-corrected chi connectivity index (χ4v) is 2.85. The van der Waals surface area contributed by atoms with Crippen LogP contribution in [0.15, 0.2) is 42.7 Å². The number of nitrogens with one attached hydrogen (secondary N) is 1. The van der Waals surface area contributed by atoms with Crippen LogP contribution in [0.25, 0.3) is 0 Å². The van der Waals surface area contributed by atoms with Crippen molar-refractivity contribution in [2.45, 2.75) is 38.9 Å². The number of anilines is 1. The topological polar surface area (TPSA) is 50.2 Å². The summed E-state index contributed by atoms with van der Waals surface area (Å²) < 4.78 is 1.86. The highest BCUT2D eigenvalue weighted by atomic mass is 16.2. The lowest BCUT2D eigenvalue weighted by Crippen LogP contribution is -2.47. The molecule has 2 aromatic rings. The average Bonchev–Trinajstić information content (AvgIpc) is 3.00. The first-order valence-electron chi connectivity index (χ1n) is 7.88. The summed E-state index contributed by atoms with van der Waals surface area (Å²) in [6.07, 6.45) is 5.63. The number of carbonyl (C=O) groups excluding carboxylic acids is 1. The van der Waals surface area contributed by atoms with Gasteiger partial charge in [0.05, 0.1) is 11.9 Å². The Balaban J connectivity index is 1.64. The SMILES string of the molecule is CCn1cc(N[C@H]2CCCN(Cc3ccccc3)C2=O)cn1. The van der Waals surface area contributed by atoms with E-state index in [1.165, 1.54) is 5.56 Å². The Kier molecular flexibility index (Phi) is 4.42. The molecule has 1 amide bonds. The summed E-state index contributed by atoms with van der Waals surface area (Å²) in [7, 11) is 0. The van der Waals surface area contributed by atoms with Crippen molar-refractivity contribution in [2.75, 3.05) is 11.9 Å². The summed E-state index contributed by atoms with van der Waals surface area (Å²) in [6, 6.07) is 10.0. The van der Waals surface area contributed by atoms with Crippen molar-refractivity contribution >= 4 is 11.6 Å². The van der Waals surface area contributed by atoms with Gasteiger partial charge in [0.15, 0.2) is 0 Å². The highest BCUT2D eigenvalue weighted by Crippen LogP contribution is 2.19. The summed E-state index contributed by atoms with van der Waals surface area (Å²) in [5.41, 5.74) is 2.09. The molecule has 1 aliphatic rings. The number of aromatic nitrogens is 2. The molecule has 5 heteroatoms. The molecule has 1 atom stereocenters. The van der Waals surface area contributed by atoms with Gasteiger partial charge >= 0.3 is 0 Å². The zero-order chi connectivity index (χ0) is 15.4. The van der Waals surface area contributed by atoms with Crippen LogP contribution in [0.3, 0.4) is 0 Å². The molecule has 1 N–H and O–H groups in total. The van der Waals surface area contributed by atoms with Crippen molar-refractivity contribution < 1.29 is 4.79 Å². The van der Waals surface area contributed by atoms with Gasteiger partial charge in [0.25, 0.3) is 0 Å². The Morgan fingerprint density at radius 1 is 1.32 bits per heavy atom. The summed E-state index contributed by atoms with van der Waals surface area (Å²) in [4.78, 5) is 14.6. The van der Waals surface area contributed by atoms with Crippen LogP contribution < -0.4 is 5.32 Å². The monoisotopic (exact) mass is 298 g/mol. The van der Waals surface area contributed by atoms with Gasteiger partial charge in [0.1, 0.15) is 6.04 Å². The van der Waals surface area contributed by atoms with Crippen molar-refractivity contribution in [2.24, 2.45) is 0 Å². The zero-order valence-corrected chi connectivity index (χ0v) is 12.9. The molecule has 1 aromatic heterocycles. The molecule has 0 saturated carbocycles. The standard InChI is InChI=1S/C17H22N4O/c1-2-21-13-15(11-18-21)19-16-9-6-10-20(17(16)22)12-14-7-4-3-5-8-14/h3-5,7-8,11,13,16,19H,2,6,9-10,12H2,1H3/t16-/m0/s1. The van der Waals surface area contributed by atoms with E-state index in [2.05, 4.69) is 22.5 Å². The second kappa shape index (κ2) is 6.64. The van der Waals surface area contributed by atoms with Crippen LogP contribution >= 0.6 is 0 Å². The Labute approximate surface area is 130 Å². The fourth-order valence-electron chi connectivity index (χ4n) is 2.85. The Morgan fingerprint density at radius 3 is 2.86 bits per heavy atom. The fraction of sp³-hybridized carbons (Fsp3) is 0.412. The first kappa shape index (κ1) is 14.6. The highest BCUT2D eigenvalue weighted by molar-refractivity contribution is 5.85. The minimum Gasteiger partial charge on any atom is -0.371 e. The van der Waals surface area contributed by atoms with E-state index in [0.717, 1.165) is 31.6 Å². The largest absolute Gasteiger partial charge is 0.371 e. The van der Waals surface area contributed by atoms with Gasteiger partial charge in [-0.2, -0.15) is 5.10 Å². The van der Waals surface area contributed by atoms with E-state index in [1.807, 2.05) is 40.9 Å². The zero-order valence-electron chi connectivity index (χ0n) is 12.9. The van der Waals surface area contributed by atoms with Gasteiger partial charge < -0.3 is 10.2 Å². The van der Waals surface area contributed by atoms with Crippen LogP contribution in [0.1, 0.15) is 25.3 Å². The molecule has 0 unspecified atom stereocenters. The molecule has 0 spiro atoms. The first-order chi connectivity index (χ1) is 10.8. The molecule has 0 bridgehead atoms. The van der Waals surface area contributed by atoms with Gasteiger partial charge in [-0.15, -0.1) is 0 Å².